The van der Waals surface area contributed by atoms with Crippen LogP contribution >= 0.6 is 11.8 Å². The molecule has 0 radical (unpaired) electrons. The highest BCUT2D eigenvalue weighted by atomic mass is 32.2. The monoisotopic (exact) mass is 614 g/mol. The average Bonchev–Trinajstić information content (AvgIpc) is 2.99. The van der Waals surface area contributed by atoms with Crippen LogP contribution in [-0.4, -0.2) is 24.3 Å². The number of hydrogen-bond donors (Lipinski definition) is 0. The van der Waals surface area contributed by atoms with Gasteiger partial charge in [0.25, 0.3) is 0 Å². The number of benzene rings is 1. The summed E-state index contributed by atoms with van der Waals surface area (Å²) in [5.41, 5.74) is 0.355. The zero-order chi connectivity index (χ0) is 33.7. The number of allylic oxidation sites excluding steroid dienone is 3. The summed E-state index contributed by atoms with van der Waals surface area (Å²) in [4.78, 5) is 10.8. The maximum absolute atomic E-state index is 12.9. The van der Waals surface area contributed by atoms with Crippen LogP contribution in [0.4, 0.5) is 13.2 Å². The number of carbonyl (C=O) groups is 1. The Morgan fingerprint density at radius 3 is 2.02 bits per heavy atom. The van der Waals surface area contributed by atoms with Crippen LogP contribution in [0.5, 0.6) is 5.75 Å². The molecule has 0 spiro atoms. The summed E-state index contributed by atoms with van der Waals surface area (Å²) in [6.07, 6.45) is 2.71. The molecule has 2 atom stereocenters. The first-order valence-electron chi connectivity index (χ1n) is 15.8. The number of thioether (sulfide) groups is 1. The Kier molecular flexibility index (Phi) is 33.8. The molecule has 0 aliphatic heterocycles. The van der Waals surface area contributed by atoms with Crippen molar-refractivity contribution in [1.82, 2.24) is 0 Å². The Bertz CT molecular complexity index is 906. The van der Waals surface area contributed by atoms with Gasteiger partial charge in [-0.05, 0) is 50.0 Å². The van der Waals surface area contributed by atoms with Gasteiger partial charge in [-0.15, -0.1) is 17.7 Å². The number of alkyl halides is 3. The molecule has 2 unspecified atom stereocenters. The number of rotatable bonds is 9. The van der Waals surface area contributed by atoms with E-state index in [0.29, 0.717) is 18.9 Å². The predicted octanol–water partition coefficient (Wildman–Crippen LogP) is 12.4. The molecule has 2 rings (SSSR count). The summed E-state index contributed by atoms with van der Waals surface area (Å²) in [5.74, 6) is 8.41. The van der Waals surface area contributed by atoms with E-state index in [0.717, 1.165) is 34.5 Å². The molecule has 0 aromatic heterocycles. The van der Waals surface area contributed by atoms with Gasteiger partial charge in [0.2, 0.25) is 0 Å². The van der Waals surface area contributed by atoms with E-state index in [1.165, 1.54) is 12.5 Å². The standard InChI is InChI=1S/C24H29F3OS.C4H8O.4C2H6/c1-5-8-19-10-6-11-22(23(19)29-14-7-9-17(2)3)28-16-20-12-13-21(15-18(20)4)24(25,26)27;1-3-4(2)5;4*1-2/h6,10-13,15,17-18,20H,7,9,14,16H2,1-4H3;3H2,1-2H3;4*1-2H3. The maximum Gasteiger partial charge on any atom is 0.416 e. The molecule has 0 heterocycles. The summed E-state index contributed by atoms with van der Waals surface area (Å²) < 4.78 is 44.8. The Labute approximate surface area is 262 Å². The molecule has 0 bridgehead atoms. The van der Waals surface area contributed by atoms with E-state index in [4.69, 9.17) is 4.74 Å². The maximum atomic E-state index is 12.9. The van der Waals surface area contributed by atoms with Gasteiger partial charge in [0.15, 0.2) is 0 Å². The van der Waals surface area contributed by atoms with E-state index < -0.39 is 11.7 Å². The van der Waals surface area contributed by atoms with Crippen molar-refractivity contribution in [1.29, 1.82) is 0 Å². The van der Waals surface area contributed by atoms with Crippen molar-refractivity contribution in [2.24, 2.45) is 17.8 Å². The van der Waals surface area contributed by atoms with Crippen molar-refractivity contribution < 1.29 is 22.7 Å². The highest BCUT2D eigenvalue weighted by molar-refractivity contribution is 7.99. The second-order valence-corrected chi connectivity index (χ2v) is 9.87. The Hall–Kier alpha value is -2.13. The van der Waals surface area contributed by atoms with E-state index in [1.807, 2.05) is 80.5 Å². The van der Waals surface area contributed by atoms with E-state index in [1.54, 1.807) is 38.6 Å². The number of carbonyl (C=O) groups excluding carboxylic acids is 1. The van der Waals surface area contributed by atoms with E-state index in [2.05, 4.69) is 25.7 Å². The average molecular weight is 615 g/mol. The van der Waals surface area contributed by atoms with Gasteiger partial charge in [-0.1, -0.05) is 120 Å². The van der Waals surface area contributed by atoms with Gasteiger partial charge in [-0.3, -0.25) is 0 Å². The molecule has 0 saturated heterocycles. The number of Topliss-reactive ketones (excluding diaryl/α,β-unsaturated/α-hetero) is 1. The van der Waals surface area contributed by atoms with Crippen molar-refractivity contribution in [3.63, 3.8) is 0 Å². The summed E-state index contributed by atoms with van der Waals surface area (Å²) in [6, 6.07) is 5.81. The van der Waals surface area contributed by atoms with Gasteiger partial charge < -0.3 is 9.53 Å². The van der Waals surface area contributed by atoms with Crippen LogP contribution in [0.25, 0.3) is 0 Å². The smallest absolute Gasteiger partial charge is 0.416 e. The summed E-state index contributed by atoms with van der Waals surface area (Å²) in [6.45, 7) is 27.8. The van der Waals surface area contributed by atoms with Gasteiger partial charge >= 0.3 is 6.18 Å². The van der Waals surface area contributed by atoms with Crippen molar-refractivity contribution in [3.05, 3.63) is 47.6 Å². The molecule has 0 N–H and O–H groups in total. The fraction of sp³-hybridized carbons (Fsp3) is 0.639. The molecule has 1 aliphatic carbocycles. The SMILES string of the molecule is CC.CC.CC.CC.CC#Cc1cccc(OCC2C=CC(C(F)(F)F)=CC2C)c1SCCCC(C)C.CCC(C)=O. The second-order valence-electron chi connectivity index (χ2n) is 8.76. The Morgan fingerprint density at radius 1 is 1.05 bits per heavy atom. The number of ketones is 1. The van der Waals surface area contributed by atoms with Gasteiger partial charge in [-0.25, -0.2) is 0 Å². The molecule has 0 fully saturated rings. The first-order valence-corrected chi connectivity index (χ1v) is 16.8. The van der Waals surface area contributed by atoms with E-state index in [-0.39, 0.29) is 17.6 Å². The van der Waals surface area contributed by atoms with Crippen LogP contribution in [-0.2, 0) is 4.79 Å². The molecule has 1 aromatic carbocycles. The van der Waals surface area contributed by atoms with Crippen LogP contribution in [0.2, 0.25) is 0 Å². The summed E-state index contributed by atoms with van der Waals surface area (Å²) in [5, 5.41) is 0. The summed E-state index contributed by atoms with van der Waals surface area (Å²) >= 11 is 1.74. The molecule has 6 heteroatoms. The van der Waals surface area contributed by atoms with Crippen LogP contribution in [0.3, 0.4) is 0 Å². The third-order valence-corrected chi connectivity index (χ3v) is 6.51. The molecule has 42 heavy (non-hydrogen) atoms. The first-order chi connectivity index (χ1) is 20.0. The summed E-state index contributed by atoms with van der Waals surface area (Å²) in [7, 11) is 0. The lowest BCUT2D eigenvalue weighted by molar-refractivity contribution is -0.116. The second kappa shape index (κ2) is 30.3. The zero-order valence-electron chi connectivity index (χ0n) is 29.1. The quantitative estimate of drug-likeness (QED) is 0.157. The molecular weight excluding hydrogens is 553 g/mol. The highest BCUT2D eigenvalue weighted by Crippen LogP contribution is 2.36. The van der Waals surface area contributed by atoms with Crippen molar-refractivity contribution in [3.8, 4) is 17.6 Å². The van der Waals surface area contributed by atoms with Crippen LogP contribution in [0.1, 0.15) is 122 Å². The lowest BCUT2D eigenvalue weighted by atomic mass is 9.87. The third kappa shape index (κ3) is 22.5. The highest BCUT2D eigenvalue weighted by Gasteiger charge is 2.34. The lowest BCUT2D eigenvalue weighted by Crippen LogP contribution is -2.22. The first kappa shape index (κ1) is 46.8. The van der Waals surface area contributed by atoms with Crippen LogP contribution < -0.4 is 4.74 Å². The minimum Gasteiger partial charge on any atom is -0.492 e. The largest absolute Gasteiger partial charge is 0.492 e. The van der Waals surface area contributed by atoms with Crippen molar-refractivity contribution in [2.45, 2.75) is 127 Å². The normalized spacial score (nSPS) is 14.6. The number of ether oxygens (including phenoxy) is 1. The molecule has 1 aromatic rings. The van der Waals surface area contributed by atoms with Crippen molar-refractivity contribution >= 4 is 17.5 Å². The Morgan fingerprint density at radius 2 is 1.60 bits per heavy atom. The minimum atomic E-state index is -4.30. The van der Waals surface area contributed by atoms with E-state index in [9.17, 15) is 18.0 Å². The zero-order valence-corrected chi connectivity index (χ0v) is 29.9. The fourth-order valence-electron chi connectivity index (χ4n) is 3.12. The third-order valence-electron chi connectivity index (χ3n) is 5.31. The fourth-order valence-corrected chi connectivity index (χ4v) is 4.18. The predicted molar refractivity (Wildman–Crippen MR) is 182 cm³/mol. The van der Waals surface area contributed by atoms with Crippen molar-refractivity contribution in [2.75, 3.05) is 12.4 Å². The molecule has 2 nitrogen and oxygen atoms in total. The number of halogens is 3. The lowest BCUT2D eigenvalue weighted by Gasteiger charge is -2.24. The van der Waals surface area contributed by atoms with Gasteiger partial charge in [0, 0.05) is 17.9 Å². The molecule has 244 valence electrons. The Balaban J connectivity index is -0.000000478. The molecule has 0 amide bonds. The minimum absolute atomic E-state index is 0.0965. The topological polar surface area (TPSA) is 26.3 Å². The molecule has 0 saturated carbocycles. The van der Waals surface area contributed by atoms with E-state index >= 15 is 0 Å². The van der Waals surface area contributed by atoms with Gasteiger partial charge in [0.1, 0.15) is 11.5 Å². The van der Waals surface area contributed by atoms with Crippen LogP contribution in [0.15, 0.2) is 46.9 Å². The van der Waals surface area contributed by atoms with Gasteiger partial charge in [-0.2, -0.15) is 13.2 Å². The number of hydrogen-bond acceptors (Lipinski definition) is 3. The van der Waals surface area contributed by atoms with Crippen LogP contribution in [0, 0.1) is 29.6 Å². The molecular formula is C36H61F3O2S. The van der Waals surface area contributed by atoms with Gasteiger partial charge in [0.05, 0.1) is 17.1 Å². The molecule has 1 aliphatic rings.